The highest BCUT2D eigenvalue weighted by molar-refractivity contribution is 7.89. The first-order valence-electron chi connectivity index (χ1n) is 10.7. The third kappa shape index (κ3) is 5.35. The van der Waals surface area contributed by atoms with E-state index in [-0.39, 0.29) is 16.7 Å². The van der Waals surface area contributed by atoms with E-state index in [0.717, 1.165) is 5.56 Å². The number of ether oxygens (including phenoxy) is 1. The quantitative estimate of drug-likeness (QED) is 0.329. The van der Waals surface area contributed by atoms with Crippen LogP contribution in [0.25, 0.3) is 10.9 Å². The number of anilines is 3. The molecular formula is C24H25N5O5S. The molecule has 0 aliphatic rings. The molecule has 0 aliphatic heterocycles. The lowest BCUT2D eigenvalue weighted by atomic mass is 10.1. The lowest BCUT2D eigenvalue weighted by Crippen LogP contribution is -2.34. The van der Waals surface area contributed by atoms with Crippen LogP contribution in [0.5, 0.6) is 5.75 Å². The topological polar surface area (TPSA) is 135 Å². The SMILES string of the molecule is COc1ccc2ncc(NC(=O)NS(=O)(=O)c3cc(C)co3)c(Nc3cc(C(C)C)ccn3)c2c1. The van der Waals surface area contributed by atoms with Crippen LogP contribution in [-0.2, 0) is 10.0 Å². The number of aryl methyl sites for hydroxylation is 1. The molecule has 0 saturated carbocycles. The molecule has 35 heavy (non-hydrogen) atoms. The molecule has 0 atom stereocenters. The van der Waals surface area contributed by atoms with Gasteiger partial charge < -0.3 is 19.8 Å². The van der Waals surface area contributed by atoms with E-state index in [4.69, 9.17) is 9.15 Å². The van der Waals surface area contributed by atoms with Crippen LogP contribution in [0.3, 0.4) is 0 Å². The largest absolute Gasteiger partial charge is 0.497 e. The number of amides is 2. The van der Waals surface area contributed by atoms with Crippen molar-refractivity contribution in [1.82, 2.24) is 14.7 Å². The maximum absolute atomic E-state index is 12.7. The summed E-state index contributed by atoms with van der Waals surface area (Å²) < 4.78 is 37.3. The van der Waals surface area contributed by atoms with Crippen molar-refractivity contribution >= 4 is 44.1 Å². The zero-order valence-corrected chi connectivity index (χ0v) is 20.4. The fraction of sp³-hybridized carbons (Fsp3) is 0.208. The van der Waals surface area contributed by atoms with Gasteiger partial charge in [0.1, 0.15) is 11.6 Å². The lowest BCUT2D eigenvalue weighted by molar-refractivity contribution is 0.256. The number of benzene rings is 1. The molecule has 0 bridgehead atoms. The van der Waals surface area contributed by atoms with E-state index in [2.05, 4.69) is 34.4 Å². The van der Waals surface area contributed by atoms with E-state index in [1.54, 1.807) is 38.4 Å². The second-order valence-corrected chi connectivity index (χ2v) is 9.80. The number of hydrogen-bond acceptors (Lipinski definition) is 8. The molecule has 0 radical (unpaired) electrons. The van der Waals surface area contributed by atoms with Crippen molar-refractivity contribution in [3.05, 3.63) is 66.2 Å². The van der Waals surface area contributed by atoms with Gasteiger partial charge in [-0.15, -0.1) is 0 Å². The van der Waals surface area contributed by atoms with Gasteiger partial charge in [-0.1, -0.05) is 13.8 Å². The van der Waals surface area contributed by atoms with E-state index in [1.165, 1.54) is 18.5 Å². The summed E-state index contributed by atoms with van der Waals surface area (Å²) in [5.74, 6) is 1.42. The van der Waals surface area contributed by atoms with Crippen molar-refractivity contribution < 1.29 is 22.4 Å². The van der Waals surface area contributed by atoms with Crippen molar-refractivity contribution in [1.29, 1.82) is 0 Å². The number of sulfonamides is 1. The molecule has 3 heterocycles. The number of methoxy groups -OCH3 is 1. The van der Waals surface area contributed by atoms with Crippen molar-refractivity contribution in [2.24, 2.45) is 0 Å². The Morgan fingerprint density at radius 2 is 1.91 bits per heavy atom. The Morgan fingerprint density at radius 1 is 1.11 bits per heavy atom. The van der Waals surface area contributed by atoms with Crippen molar-refractivity contribution in [3.63, 3.8) is 0 Å². The second kappa shape index (κ2) is 9.63. The Hall–Kier alpha value is -4.12. The lowest BCUT2D eigenvalue weighted by Gasteiger charge is -2.16. The molecular weight excluding hydrogens is 470 g/mol. The summed E-state index contributed by atoms with van der Waals surface area (Å²) in [6.45, 7) is 5.83. The maximum atomic E-state index is 12.7. The van der Waals surface area contributed by atoms with E-state index in [0.29, 0.717) is 33.7 Å². The summed E-state index contributed by atoms with van der Waals surface area (Å²) >= 11 is 0. The van der Waals surface area contributed by atoms with Gasteiger partial charge in [0, 0.05) is 17.6 Å². The highest BCUT2D eigenvalue weighted by Gasteiger charge is 2.22. The van der Waals surface area contributed by atoms with E-state index in [1.807, 2.05) is 16.9 Å². The number of furan rings is 1. The number of rotatable bonds is 7. The standard InChI is InChI=1S/C24H25N5O5S/c1-14(2)16-7-8-25-21(10-16)28-23-18-11-17(33-4)5-6-19(18)26-12-20(23)27-24(30)29-35(31,32)22-9-15(3)13-34-22/h5-14H,1-4H3,(H,25,26,28)(H2,27,29,30). The minimum atomic E-state index is -4.20. The van der Waals surface area contributed by atoms with Crippen LogP contribution in [0.2, 0.25) is 0 Å². The number of nitrogens with zero attached hydrogens (tertiary/aromatic N) is 2. The number of pyridine rings is 2. The third-order valence-corrected chi connectivity index (χ3v) is 6.42. The molecule has 0 unspecified atom stereocenters. The van der Waals surface area contributed by atoms with Crippen LogP contribution in [0.15, 0.2) is 64.6 Å². The zero-order chi connectivity index (χ0) is 25.2. The summed E-state index contributed by atoms with van der Waals surface area (Å²) in [5.41, 5.74) is 3.04. The van der Waals surface area contributed by atoms with E-state index >= 15 is 0 Å². The molecule has 3 N–H and O–H groups in total. The monoisotopic (exact) mass is 495 g/mol. The third-order valence-electron chi connectivity index (χ3n) is 5.23. The Kier molecular flexibility index (Phi) is 6.61. The van der Waals surface area contributed by atoms with Gasteiger partial charge in [0.15, 0.2) is 0 Å². The van der Waals surface area contributed by atoms with Crippen LogP contribution in [0.4, 0.5) is 22.0 Å². The fourth-order valence-corrected chi connectivity index (χ4v) is 4.31. The summed E-state index contributed by atoms with van der Waals surface area (Å²) in [7, 11) is -2.65. The van der Waals surface area contributed by atoms with Crippen LogP contribution in [0.1, 0.15) is 30.9 Å². The number of carbonyl (C=O) groups excluding carboxylic acids is 1. The molecule has 4 rings (SSSR count). The van der Waals surface area contributed by atoms with Crippen LogP contribution >= 0.6 is 0 Å². The first-order chi connectivity index (χ1) is 16.7. The minimum absolute atomic E-state index is 0.242. The van der Waals surface area contributed by atoms with Gasteiger partial charge in [0.05, 0.1) is 36.5 Å². The number of carbonyl (C=O) groups is 1. The summed E-state index contributed by atoms with van der Waals surface area (Å²) in [6, 6.07) is 9.50. The summed E-state index contributed by atoms with van der Waals surface area (Å²) in [6.07, 6.45) is 4.42. The van der Waals surface area contributed by atoms with Crippen molar-refractivity contribution in [3.8, 4) is 5.75 Å². The summed E-state index contributed by atoms with van der Waals surface area (Å²) in [5, 5.41) is 6.09. The van der Waals surface area contributed by atoms with Crippen molar-refractivity contribution in [2.45, 2.75) is 31.8 Å². The fourth-order valence-electron chi connectivity index (χ4n) is 3.40. The van der Waals surface area contributed by atoms with Crippen LogP contribution in [0, 0.1) is 6.92 Å². The van der Waals surface area contributed by atoms with Gasteiger partial charge in [-0.05, 0) is 54.3 Å². The Morgan fingerprint density at radius 3 is 2.60 bits per heavy atom. The van der Waals surface area contributed by atoms with Gasteiger partial charge in [0.2, 0.25) is 5.09 Å². The van der Waals surface area contributed by atoms with Gasteiger partial charge in [-0.2, -0.15) is 8.42 Å². The first kappa shape index (κ1) is 24.0. The molecule has 0 aliphatic carbocycles. The Labute approximate surface area is 202 Å². The zero-order valence-electron chi connectivity index (χ0n) is 19.6. The Bertz CT molecular complexity index is 1500. The normalized spacial score (nSPS) is 11.5. The number of hydrogen-bond donors (Lipinski definition) is 3. The van der Waals surface area contributed by atoms with Gasteiger partial charge in [-0.25, -0.2) is 14.5 Å². The second-order valence-electron chi connectivity index (χ2n) is 8.19. The molecule has 11 heteroatoms. The number of nitrogens with one attached hydrogen (secondary N) is 3. The van der Waals surface area contributed by atoms with Crippen LogP contribution in [-0.4, -0.2) is 31.5 Å². The van der Waals surface area contributed by atoms with Gasteiger partial charge in [-0.3, -0.25) is 4.98 Å². The van der Waals surface area contributed by atoms with Crippen LogP contribution < -0.4 is 20.1 Å². The van der Waals surface area contributed by atoms with Gasteiger partial charge >= 0.3 is 6.03 Å². The number of urea groups is 1. The number of aromatic nitrogens is 2. The highest BCUT2D eigenvalue weighted by atomic mass is 32.2. The number of fused-ring (bicyclic) bond motifs is 1. The molecule has 3 aromatic heterocycles. The maximum Gasteiger partial charge on any atom is 0.333 e. The predicted molar refractivity (Wildman–Crippen MR) is 133 cm³/mol. The summed E-state index contributed by atoms with van der Waals surface area (Å²) in [4.78, 5) is 21.5. The highest BCUT2D eigenvalue weighted by Crippen LogP contribution is 2.34. The molecule has 0 fully saturated rings. The molecule has 182 valence electrons. The first-order valence-corrected chi connectivity index (χ1v) is 12.2. The average molecular weight is 496 g/mol. The smallest absolute Gasteiger partial charge is 0.333 e. The van der Waals surface area contributed by atoms with Crippen molar-refractivity contribution in [2.75, 3.05) is 17.7 Å². The van der Waals surface area contributed by atoms with E-state index in [9.17, 15) is 13.2 Å². The molecule has 2 amide bonds. The molecule has 4 aromatic rings. The molecule has 0 saturated heterocycles. The molecule has 1 aromatic carbocycles. The molecule has 10 nitrogen and oxygen atoms in total. The predicted octanol–water partition coefficient (Wildman–Crippen LogP) is 4.92. The van der Waals surface area contributed by atoms with Gasteiger partial charge in [0.25, 0.3) is 10.0 Å². The Balaban J connectivity index is 1.71. The average Bonchev–Trinajstić information content (AvgIpc) is 3.27. The van der Waals surface area contributed by atoms with E-state index < -0.39 is 16.1 Å². The minimum Gasteiger partial charge on any atom is -0.497 e. The molecule has 0 spiro atoms.